The van der Waals surface area contributed by atoms with Gasteiger partial charge in [0, 0.05) is 42.9 Å². The third kappa shape index (κ3) is 3.80. The van der Waals surface area contributed by atoms with Crippen LogP contribution in [0.3, 0.4) is 0 Å². The van der Waals surface area contributed by atoms with Gasteiger partial charge in [0.05, 0.1) is 6.10 Å². The van der Waals surface area contributed by atoms with Crippen molar-refractivity contribution < 1.29 is 9.53 Å². The van der Waals surface area contributed by atoms with Gasteiger partial charge in [-0.05, 0) is 25.3 Å². The number of fused-ring (bicyclic) bond motifs is 1. The molecule has 0 radical (unpaired) electrons. The van der Waals surface area contributed by atoms with Crippen molar-refractivity contribution in [2.24, 2.45) is 0 Å². The number of nitrogens with zero attached hydrogens (tertiary/aromatic N) is 1. The van der Waals surface area contributed by atoms with Crippen LogP contribution in [0.15, 0.2) is 24.3 Å². The van der Waals surface area contributed by atoms with Crippen LogP contribution < -0.4 is 15.4 Å². The Kier molecular flexibility index (Phi) is 5.60. The normalized spacial score (nSPS) is 16.3. The fourth-order valence-corrected chi connectivity index (χ4v) is 3.11. The number of aromatic amines is 1. The van der Waals surface area contributed by atoms with Crippen molar-refractivity contribution in [1.82, 2.24) is 20.8 Å². The fourth-order valence-electron chi connectivity index (χ4n) is 3.11. The van der Waals surface area contributed by atoms with Crippen molar-refractivity contribution in [2.75, 3.05) is 6.54 Å². The Morgan fingerprint density at radius 1 is 1.32 bits per heavy atom. The monoisotopic (exact) mass is 362 g/mol. The molecule has 0 atom stereocenters. The van der Waals surface area contributed by atoms with Gasteiger partial charge in [-0.2, -0.15) is 5.10 Å². The molecule has 3 N–H and O–H groups in total. The molecule has 0 unspecified atom stereocenters. The van der Waals surface area contributed by atoms with E-state index in [9.17, 15) is 4.79 Å². The second kappa shape index (κ2) is 7.89. The first kappa shape index (κ1) is 17.8. The molecule has 7 heteroatoms. The highest BCUT2D eigenvalue weighted by Crippen LogP contribution is 2.27. The van der Waals surface area contributed by atoms with Crippen LogP contribution in [-0.4, -0.2) is 28.8 Å². The Bertz CT molecular complexity index is 742. The molecule has 1 saturated carbocycles. The highest BCUT2D eigenvalue weighted by atomic mass is 35.5. The minimum absolute atomic E-state index is 0. The zero-order valence-electron chi connectivity index (χ0n) is 14.0. The van der Waals surface area contributed by atoms with E-state index >= 15 is 0 Å². The number of carbonyl (C=O) groups excluding carboxylic acids is 1. The zero-order valence-corrected chi connectivity index (χ0v) is 14.8. The van der Waals surface area contributed by atoms with E-state index < -0.39 is 0 Å². The standard InChI is InChI=1S/C18H22N4O2.ClH/c23-18(17-14-11-19-9-8-15(14)21-22-17)20-10-12-4-1-2-7-16(12)24-13-5-3-6-13;/h1-2,4,7,13,19H,3,5-6,8-11H2,(H,20,23)(H,21,22);1H. The van der Waals surface area contributed by atoms with E-state index in [1.165, 1.54) is 6.42 Å². The average Bonchev–Trinajstić information content (AvgIpc) is 3.01. The largest absolute Gasteiger partial charge is 0.490 e. The summed E-state index contributed by atoms with van der Waals surface area (Å²) >= 11 is 0. The third-order valence-corrected chi connectivity index (χ3v) is 4.78. The predicted molar refractivity (Wildman–Crippen MR) is 97.1 cm³/mol. The zero-order chi connectivity index (χ0) is 16.4. The number of carbonyl (C=O) groups is 1. The third-order valence-electron chi connectivity index (χ3n) is 4.78. The summed E-state index contributed by atoms with van der Waals surface area (Å²) in [5.41, 5.74) is 3.54. The molecule has 6 nitrogen and oxygen atoms in total. The summed E-state index contributed by atoms with van der Waals surface area (Å²) < 4.78 is 6.01. The molecule has 4 rings (SSSR count). The minimum atomic E-state index is -0.144. The van der Waals surface area contributed by atoms with Gasteiger partial charge in [-0.1, -0.05) is 18.2 Å². The second-order valence-corrected chi connectivity index (χ2v) is 6.42. The number of rotatable bonds is 5. The molecule has 0 saturated heterocycles. The van der Waals surface area contributed by atoms with Crippen LogP contribution in [0.1, 0.15) is 46.6 Å². The number of H-pyrrole nitrogens is 1. The van der Waals surface area contributed by atoms with E-state index in [4.69, 9.17) is 4.74 Å². The Morgan fingerprint density at radius 2 is 2.16 bits per heavy atom. The lowest BCUT2D eigenvalue weighted by atomic mass is 9.96. The van der Waals surface area contributed by atoms with Crippen LogP contribution in [0.4, 0.5) is 0 Å². The van der Waals surface area contributed by atoms with Crippen molar-refractivity contribution >= 4 is 18.3 Å². The Balaban J connectivity index is 0.00000182. The molecular formula is C18H23ClN4O2. The number of ether oxygens (including phenoxy) is 1. The number of para-hydroxylation sites is 1. The van der Waals surface area contributed by atoms with Crippen LogP contribution in [0.2, 0.25) is 0 Å². The van der Waals surface area contributed by atoms with E-state index in [2.05, 4.69) is 20.8 Å². The molecule has 2 aliphatic rings. The summed E-state index contributed by atoms with van der Waals surface area (Å²) in [4.78, 5) is 12.5. The van der Waals surface area contributed by atoms with Crippen LogP contribution in [0.25, 0.3) is 0 Å². The summed E-state index contributed by atoms with van der Waals surface area (Å²) in [6, 6.07) is 7.90. The molecule has 2 aromatic rings. The van der Waals surface area contributed by atoms with Crippen LogP contribution in [0, 0.1) is 0 Å². The summed E-state index contributed by atoms with van der Waals surface area (Å²) in [7, 11) is 0. The van der Waals surface area contributed by atoms with Gasteiger partial charge in [0.25, 0.3) is 5.91 Å². The van der Waals surface area contributed by atoms with E-state index in [-0.39, 0.29) is 18.3 Å². The molecule has 1 aromatic heterocycles. The lowest BCUT2D eigenvalue weighted by Gasteiger charge is -2.27. The summed E-state index contributed by atoms with van der Waals surface area (Å²) in [6.07, 6.45) is 4.68. The second-order valence-electron chi connectivity index (χ2n) is 6.42. The van der Waals surface area contributed by atoms with Crippen molar-refractivity contribution in [3.8, 4) is 5.75 Å². The van der Waals surface area contributed by atoms with Gasteiger partial charge in [0.15, 0.2) is 5.69 Å². The number of halogens is 1. The molecule has 1 fully saturated rings. The van der Waals surface area contributed by atoms with Gasteiger partial charge in [-0.25, -0.2) is 0 Å². The fraction of sp³-hybridized carbons (Fsp3) is 0.444. The molecule has 2 heterocycles. The van der Waals surface area contributed by atoms with Crippen molar-refractivity contribution in [2.45, 2.75) is 44.9 Å². The first-order chi connectivity index (χ1) is 11.8. The number of hydrogen-bond donors (Lipinski definition) is 3. The molecule has 0 spiro atoms. The van der Waals surface area contributed by atoms with E-state index in [0.29, 0.717) is 24.9 Å². The molecule has 1 aliphatic carbocycles. The topological polar surface area (TPSA) is 79.0 Å². The lowest BCUT2D eigenvalue weighted by molar-refractivity contribution is 0.0942. The van der Waals surface area contributed by atoms with Gasteiger partial charge in [0.2, 0.25) is 0 Å². The van der Waals surface area contributed by atoms with Gasteiger partial charge < -0.3 is 15.4 Å². The summed E-state index contributed by atoms with van der Waals surface area (Å²) in [5, 5.41) is 13.4. The molecule has 1 aromatic carbocycles. The number of hydrogen-bond acceptors (Lipinski definition) is 4. The van der Waals surface area contributed by atoms with Gasteiger partial charge in [-0.3, -0.25) is 9.89 Å². The average molecular weight is 363 g/mol. The van der Waals surface area contributed by atoms with Crippen molar-refractivity contribution in [3.05, 3.63) is 46.8 Å². The molecule has 134 valence electrons. The Hall–Kier alpha value is -2.05. The number of nitrogens with one attached hydrogen (secondary N) is 3. The molecule has 1 amide bonds. The van der Waals surface area contributed by atoms with Crippen LogP contribution >= 0.6 is 12.4 Å². The minimum Gasteiger partial charge on any atom is -0.490 e. The van der Waals surface area contributed by atoms with E-state index in [1.807, 2.05) is 24.3 Å². The van der Waals surface area contributed by atoms with Crippen molar-refractivity contribution in [3.63, 3.8) is 0 Å². The maximum atomic E-state index is 12.5. The molecular weight excluding hydrogens is 340 g/mol. The number of aromatic nitrogens is 2. The predicted octanol–water partition coefficient (Wildman–Crippen LogP) is 2.34. The maximum absolute atomic E-state index is 12.5. The summed E-state index contributed by atoms with van der Waals surface area (Å²) in [6.45, 7) is 2.05. The van der Waals surface area contributed by atoms with Crippen LogP contribution in [-0.2, 0) is 19.5 Å². The molecule has 25 heavy (non-hydrogen) atoms. The first-order valence-corrected chi connectivity index (χ1v) is 8.61. The Morgan fingerprint density at radius 3 is 2.96 bits per heavy atom. The van der Waals surface area contributed by atoms with E-state index in [0.717, 1.165) is 48.4 Å². The first-order valence-electron chi connectivity index (χ1n) is 8.61. The molecule has 1 aliphatic heterocycles. The Labute approximate surface area is 153 Å². The highest BCUT2D eigenvalue weighted by molar-refractivity contribution is 5.94. The lowest BCUT2D eigenvalue weighted by Crippen LogP contribution is -2.29. The van der Waals surface area contributed by atoms with Gasteiger partial charge in [0.1, 0.15) is 5.75 Å². The molecule has 0 bridgehead atoms. The van der Waals surface area contributed by atoms with Gasteiger partial charge in [-0.15, -0.1) is 12.4 Å². The van der Waals surface area contributed by atoms with Crippen LogP contribution in [0.5, 0.6) is 5.75 Å². The smallest absolute Gasteiger partial charge is 0.272 e. The number of amides is 1. The summed E-state index contributed by atoms with van der Waals surface area (Å²) in [5.74, 6) is 0.725. The van der Waals surface area contributed by atoms with E-state index in [1.54, 1.807) is 0 Å². The number of benzene rings is 1. The highest BCUT2D eigenvalue weighted by Gasteiger charge is 2.22. The van der Waals surface area contributed by atoms with Crippen molar-refractivity contribution in [1.29, 1.82) is 0 Å². The van der Waals surface area contributed by atoms with Gasteiger partial charge >= 0.3 is 0 Å². The maximum Gasteiger partial charge on any atom is 0.272 e. The quantitative estimate of drug-likeness (QED) is 0.762. The SMILES string of the molecule is Cl.O=C(NCc1ccccc1OC1CCC1)c1n[nH]c2c1CNCC2.